The molecule has 1 aliphatic rings. The number of imidazole rings is 1. The molecular formula is C16H21N3. The zero-order valence-electron chi connectivity index (χ0n) is 11.5. The molecule has 3 rings (SSSR count). The third-order valence-corrected chi connectivity index (χ3v) is 4.51. The molecule has 100 valence electrons. The Morgan fingerprint density at radius 2 is 2.11 bits per heavy atom. The Labute approximate surface area is 114 Å². The fourth-order valence-electron chi connectivity index (χ4n) is 3.30. The van der Waals surface area contributed by atoms with Crippen molar-refractivity contribution in [3.8, 4) is 5.69 Å². The van der Waals surface area contributed by atoms with Crippen molar-refractivity contribution in [2.45, 2.75) is 38.0 Å². The average Bonchev–Trinajstić information content (AvgIpc) is 3.08. The normalized spacial score (nSPS) is 17.8. The molecule has 2 N–H and O–H groups in total. The number of aryl methyl sites for hydroxylation is 1. The lowest BCUT2D eigenvalue weighted by molar-refractivity contribution is 0.453. The quantitative estimate of drug-likeness (QED) is 0.916. The molecule has 1 heterocycles. The molecule has 1 saturated carbocycles. The molecule has 0 aliphatic heterocycles. The molecule has 1 aromatic carbocycles. The van der Waals surface area contributed by atoms with Crippen LogP contribution in [0.2, 0.25) is 0 Å². The van der Waals surface area contributed by atoms with Gasteiger partial charge in [-0.1, -0.05) is 25.0 Å². The summed E-state index contributed by atoms with van der Waals surface area (Å²) < 4.78 is 2.13. The first-order valence-electron chi connectivity index (χ1n) is 7.06. The number of aromatic nitrogens is 2. The van der Waals surface area contributed by atoms with E-state index in [2.05, 4.69) is 33.8 Å². The number of benzene rings is 1. The molecule has 3 nitrogen and oxygen atoms in total. The first-order valence-corrected chi connectivity index (χ1v) is 7.06. The van der Waals surface area contributed by atoms with E-state index in [9.17, 15) is 0 Å². The highest BCUT2D eigenvalue weighted by molar-refractivity contribution is 5.41. The Hall–Kier alpha value is -1.61. The second-order valence-corrected chi connectivity index (χ2v) is 5.59. The number of hydrogen-bond acceptors (Lipinski definition) is 2. The SMILES string of the molecule is Cc1nccn1-c1cccc(C2(CN)CCCC2)c1. The lowest BCUT2D eigenvalue weighted by atomic mass is 9.79. The van der Waals surface area contributed by atoms with E-state index in [-0.39, 0.29) is 5.41 Å². The monoisotopic (exact) mass is 255 g/mol. The second-order valence-electron chi connectivity index (χ2n) is 5.59. The Balaban J connectivity index is 2.03. The summed E-state index contributed by atoms with van der Waals surface area (Å²) in [5.41, 5.74) is 8.85. The van der Waals surface area contributed by atoms with Gasteiger partial charge in [0.1, 0.15) is 5.82 Å². The van der Waals surface area contributed by atoms with Crippen molar-refractivity contribution in [2.24, 2.45) is 5.73 Å². The molecule has 1 aromatic heterocycles. The van der Waals surface area contributed by atoms with Gasteiger partial charge in [0.25, 0.3) is 0 Å². The summed E-state index contributed by atoms with van der Waals surface area (Å²) in [4.78, 5) is 4.30. The molecule has 0 amide bonds. The largest absolute Gasteiger partial charge is 0.330 e. The highest BCUT2D eigenvalue weighted by Gasteiger charge is 2.34. The van der Waals surface area contributed by atoms with Crippen LogP contribution in [0, 0.1) is 6.92 Å². The van der Waals surface area contributed by atoms with Gasteiger partial charge in [0, 0.05) is 30.0 Å². The third-order valence-electron chi connectivity index (χ3n) is 4.51. The fraction of sp³-hybridized carbons (Fsp3) is 0.438. The van der Waals surface area contributed by atoms with Crippen LogP contribution < -0.4 is 5.73 Å². The lowest BCUT2D eigenvalue weighted by Gasteiger charge is -2.28. The van der Waals surface area contributed by atoms with E-state index in [4.69, 9.17) is 5.73 Å². The summed E-state index contributed by atoms with van der Waals surface area (Å²) >= 11 is 0. The molecule has 0 saturated heterocycles. The first kappa shape index (κ1) is 12.4. The molecule has 0 radical (unpaired) electrons. The van der Waals surface area contributed by atoms with E-state index < -0.39 is 0 Å². The van der Waals surface area contributed by atoms with Crippen molar-refractivity contribution in [1.29, 1.82) is 0 Å². The van der Waals surface area contributed by atoms with Crippen LogP contribution >= 0.6 is 0 Å². The molecule has 0 unspecified atom stereocenters. The number of nitrogens with zero attached hydrogens (tertiary/aromatic N) is 2. The second kappa shape index (κ2) is 4.82. The van der Waals surface area contributed by atoms with Crippen LogP contribution in [-0.2, 0) is 5.41 Å². The van der Waals surface area contributed by atoms with Crippen molar-refractivity contribution in [1.82, 2.24) is 9.55 Å². The van der Waals surface area contributed by atoms with Crippen molar-refractivity contribution < 1.29 is 0 Å². The predicted molar refractivity (Wildman–Crippen MR) is 77.5 cm³/mol. The highest BCUT2D eigenvalue weighted by atomic mass is 15.1. The minimum absolute atomic E-state index is 0.199. The maximum absolute atomic E-state index is 6.08. The van der Waals surface area contributed by atoms with Gasteiger partial charge in [-0.3, -0.25) is 0 Å². The number of nitrogens with two attached hydrogens (primary N) is 1. The molecule has 19 heavy (non-hydrogen) atoms. The van der Waals surface area contributed by atoms with Gasteiger partial charge in [0.15, 0.2) is 0 Å². The average molecular weight is 255 g/mol. The third kappa shape index (κ3) is 2.08. The molecule has 0 spiro atoms. The summed E-state index contributed by atoms with van der Waals surface area (Å²) in [5, 5.41) is 0. The van der Waals surface area contributed by atoms with Crippen LogP contribution in [-0.4, -0.2) is 16.1 Å². The van der Waals surface area contributed by atoms with Crippen molar-refractivity contribution >= 4 is 0 Å². The van der Waals surface area contributed by atoms with E-state index in [0.29, 0.717) is 0 Å². The molecular weight excluding hydrogens is 234 g/mol. The summed E-state index contributed by atoms with van der Waals surface area (Å²) in [7, 11) is 0. The van der Waals surface area contributed by atoms with Gasteiger partial charge < -0.3 is 10.3 Å². The van der Waals surface area contributed by atoms with Gasteiger partial charge in [0.2, 0.25) is 0 Å². The first-order chi connectivity index (χ1) is 9.25. The van der Waals surface area contributed by atoms with Crippen molar-refractivity contribution in [3.63, 3.8) is 0 Å². The van der Waals surface area contributed by atoms with E-state index in [1.54, 1.807) is 0 Å². The Kier molecular flexibility index (Phi) is 3.15. The van der Waals surface area contributed by atoms with Crippen molar-refractivity contribution in [2.75, 3.05) is 6.54 Å². The van der Waals surface area contributed by atoms with Gasteiger partial charge in [0.05, 0.1) is 0 Å². The highest BCUT2D eigenvalue weighted by Crippen LogP contribution is 2.40. The van der Waals surface area contributed by atoms with Crippen LogP contribution in [0.15, 0.2) is 36.7 Å². The zero-order valence-corrected chi connectivity index (χ0v) is 11.5. The zero-order chi connectivity index (χ0) is 13.3. The Bertz CT molecular complexity index is 565. The number of rotatable bonds is 3. The van der Waals surface area contributed by atoms with Gasteiger partial charge >= 0.3 is 0 Å². The lowest BCUT2D eigenvalue weighted by Crippen LogP contribution is -2.32. The molecule has 0 atom stereocenters. The van der Waals surface area contributed by atoms with E-state index >= 15 is 0 Å². The minimum Gasteiger partial charge on any atom is -0.330 e. The van der Waals surface area contributed by atoms with E-state index in [1.807, 2.05) is 19.3 Å². The Morgan fingerprint density at radius 1 is 1.32 bits per heavy atom. The molecule has 0 bridgehead atoms. The summed E-state index contributed by atoms with van der Waals surface area (Å²) in [6.45, 7) is 2.78. The molecule has 1 fully saturated rings. The van der Waals surface area contributed by atoms with Crippen LogP contribution in [0.1, 0.15) is 37.1 Å². The minimum atomic E-state index is 0.199. The van der Waals surface area contributed by atoms with Gasteiger partial charge in [-0.25, -0.2) is 4.98 Å². The predicted octanol–water partition coefficient (Wildman–Crippen LogP) is 2.95. The molecule has 1 aliphatic carbocycles. The van der Waals surface area contributed by atoms with Gasteiger partial charge in [-0.05, 0) is 37.5 Å². The summed E-state index contributed by atoms with van der Waals surface area (Å²) in [6.07, 6.45) is 8.89. The van der Waals surface area contributed by atoms with Gasteiger partial charge in [-0.2, -0.15) is 0 Å². The van der Waals surface area contributed by atoms with Crippen LogP contribution in [0.25, 0.3) is 5.69 Å². The van der Waals surface area contributed by atoms with Crippen LogP contribution in [0.4, 0.5) is 0 Å². The van der Waals surface area contributed by atoms with Crippen molar-refractivity contribution in [3.05, 3.63) is 48.0 Å². The molecule has 2 aromatic rings. The topological polar surface area (TPSA) is 43.8 Å². The van der Waals surface area contributed by atoms with E-state index in [0.717, 1.165) is 12.4 Å². The summed E-state index contributed by atoms with van der Waals surface area (Å²) in [6, 6.07) is 8.79. The number of hydrogen-bond donors (Lipinski definition) is 1. The Morgan fingerprint density at radius 3 is 2.74 bits per heavy atom. The maximum Gasteiger partial charge on any atom is 0.110 e. The molecule has 3 heteroatoms. The fourth-order valence-corrected chi connectivity index (χ4v) is 3.30. The van der Waals surface area contributed by atoms with Crippen LogP contribution in [0.5, 0.6) is 0 Å². The standard InChI is InChI=1S/C16H21N3/c1-13-18-9-10-19(13)15-6-4-5-14(11-15)16(12-17)7-2-3-8-16/h4-6,9-11H,2-3,7-8,12,17H2,1H3. The summed E-state index contributed by atoms with van der Waals surface area (Å²) in [5.74, 6) is 1.02. The van der Waals surface area contributed by atoms with E-state index in [1.165, 1.54) is 36.9 Å². The van der Waals surface area contributed by atoms with Crippen LogP contribution in [0.3, 0.4) is 0 Å². The smallest absolute Gasteiger partial charge is 0.110 e. The van der Waals surface area contributed by atoms with Gasteiger partial charge in [-0.15, -0.1) is 0 Å². The maximum atomic E-state index is 6.08.